The standard InChI is InChI=1S/C13H24N4/c1-4-14-13(12-7-5-6-8-12)9-17-11(3)15-10(2)16-17/h12-14H,4-9H2,1-3H3. The van der Waals surface area contributed by atoms with Crippen LogP contribution in [0.4, 0.5) is 0 Å². The lowest BCUT2D eigenvalue weighted by atomic mass is 9.98. The van der Waals surface area contributed by atoms with Crippen LogP contribution in [0.15, 0.2) is 0 Å². The Labute approximate surface area is 104 Å². The zero-order valence-electron chi connectivity index (χ0n) is 11.2. The molecule has 4 nitrogen and oxygen atoms in total. The summed E-state index contributed by atoms with van der Waals surface area (Å²) in [6.07, 6.45) is 5.51. The lowest BCUT2D eigenvalue weighted by Gasteiger charge is -2.24. The van der Waals surface area contributed by atoms with Gasteiger partial charge in [0.15, 0.2) is 0 Å². The quantitative estimate of drug-likeness (QED) is 0.851. The van der Waals surface area contributed by atoms with E-state index in [1.54, 1.807) is 0 Å². The van der Waals surface area contributed by atoms with E-state index in [1.165, 1.54) is 25.7 Å². The van der Waals surface area contributed by atoms with Crippen LogP contribution in [-0.4, -0.2) is 27.4 Å². The molecule has 96 valence electrons. The van der Waals surface area contributed by atoms with E-state index >= 15 is 0 Å². The number of likely N-dealkylation sites (N-methyl/N-ethyl adjacent to an activating group) is 1. The van der Waals surface area contributed by atoms with Gasteiger partial charge in [0.1, 0.15) is 11.6 Å². The topological polar surface area (TPSA) is 42.7 Å². The molecule has 1 unspecified atom stereocenters. The van der Waals surface area contributed by atoms with Gasteiger partial charge in [0.05, 0.1) is 6.54 Å². The SMILES string of the molecule is CCNC(Cn1nc(C)nc1C)C1CCCC1. The lowest BCUT2D eigenvalue weighted by Crippen LogP contribution is -2.39. The number of hydrogen-bond acceptors (Lipinski definition) is 3. The minimum atomic E-state index is 0.558. The molecule has 0 amide bonds. The molecule has 1 aromatic rings. The van der Waals surface area contributed by atoms with Crippen molar-refractivity contribution >= 4 is 0 Å². The highest BCUT2D eigenvalue weighted by atomic mass is 15.3. The van der Waals surface area contributed by atoms with Crippen LogP contribution >= 0.6 is 0 Å². The molecule has 1 aromatic heterocycles. The number of aromatic nitrogens is 3. The van der Waals surface area contributed by atoms with Crippen molar-refractivity contribution in [3.63, 3.8) is 0 Å². The number of hydrogen-bond donors (Lipinski definition) is 1. The number of nitrogens with one attached hydrogen (secondary N) is 1. The van der Waals surface area contributed by atoms with Crippen molar-refractivity contribution in [2.45, 2.75) is 59.0 Å². The van der Waals surface area contributed by atoms with E-state index in [-0.39, 0.29) is 0 Å². The number of aryl methyl sites for hydroxylation is 2. The number of rotatable bonds is 5. The summed E-state index contributed by atoms with van der Waals surface area (Å²) in [4.78, 5) is 4.37. The third-order valence-corrected chi connectivity index (χ3v) is 3.77. The van der Waals surface area contributed by atoms with E-state index < -0.39 is 0 Å². The smallest absolute Gasteiger partial charge is 0.147 e. The molecular formula is C13H24N4. The van der Waals surface area contributed by atoms with E-state index in [1.807, 2.05) is 13.8 Å². The van der Waals surface area contributed by atoms with Crippen molar-refractivity contribution in [3.05, 3.63) is 11.6 Å². The molecule has 0 saturated heterocycles. The van der Waals surface area contributed by atoms with Crippen LogP contribution in [0.3, 0.4) is 0 Å². The van der Waals surface area contributed by atoms with E-state index in [0.29, 0.717) is 6.04 Å². The maximum absolute atomic E-state index is 4.47. The van der Waals surface area contributed by atoms with Crippen molar-refractivity contribution in [2.75, 3.05) is 6.54 Å². The van der Waals surface area contributed by atoms with Gasteiger partial charge in [-0.05, 0) is 39.2 Å². The molecule has 4 heteroatoms. The second kappa shape index (κ2) is 5.63. The van der Waals surface area contributed by atoms with E-state index in [0.717, 1.165) is 30.7 Å². The minimum Gasteiger partial charge on any atom is -0.312 e. The Morgan fingerprint density at radius 2 is 2.06 bits per heavy atom. The maximum Gasteiger partial charge on any atom is 0.147 e. The van der Waals surface area contributed by atoms with Crippen molar-refractivity contribution in [2.24, 2.45) is 5.92 Å². The third-order valence-electron chi connectivity index (χ3n) is 3.77. The monoisotopic (exact) mass is 236 g/mol. The predicted octanol–water partition coefficient (Wildman–Crippen LogP) is 2.06. The summed E-state index contributed by atoms with van der Waals surface area (Å²) in [7, 11) is 0. The largest absolute Gasteiger partial charge is 0.312 e. The van der Waals surface area contributed by atoms with Crippen LogP contribution in [0.2, 0.25) is 0 Å². The van der Waals surface area contributed by atoms with Gasteiger partial charge in [0, 0.05) is 6.04 Å². The first-order chi connectivity index (χ1) is 8.20. The normalized spacial score (nSPS) is 18.8. The summed E-state index contributed by atoms with van der Waals surface area (Å²) >= 11 is 0. The van der Waals surface area contributed by atoms with Gasteiger partial charge in [-0.1, -0.05) is 19.8 Å². The van der Waals surface area contributed by atoms with Crippen LogP contribution < -0.4 is 5.32 Å². The zero-order valence-corrected chi connectivity index (χ0v) is 11.2. The van der Waals surface area contributed by atoms with Gasteiger partial charge in [-0.25, -0.2) is 9.67 Å². The van der Waals surface area contributed by atoms with Gasteiger partial charge >= 0.3 is 0 Å². The van der Waals surface area contributed by atoms with Crippen LogP contribution in [-0.2, 0) is 6.54 Å². The van der Waals surface area contributed by atoms with Gasteiger partial charge < -0.3 is 5.32 Å². The molecular weight excluding hydrogens is 212 g/mol. The Kier molecular flexibility index (Phi) is 4.15. The van der Waals surface area contributed by atoms with Crippen LogP contribution in [0, 0.1) is 19.8 Å². The van der Waals surface area contributed by atoms with E-state index in [9.17, 15) is 0 Å². The van der Waals surface area contributed by atoms with Crippen molar-refractivity contribution < 1.29 is 0 Å². The first-order valence-electron chi connectivity index (χ1n) is 6.82. The molecule has 0 bridgehead atoms. The second-order valence-electron chi connectivity index (χ2n) is 5.10. The van der Waals surface area contributed by atoms with Crippen LogP contribution in [0.1, 0.15) is 44.3 Å². The molecule has 17 heavy (non-hydrogen) atoms. The average molecular weight is 236 g/mol. The molecule has 1 atom stereocenters. The Morgan fingerprint density at radius 3 is 2.59 bits per heavy atom. The van der Waals surface area contributed by atoms with Crippen molar-refractivity contribution in [3.8, 4) is 0 Å². The van der Waals surface area contributed by atoms with Gasteiger partial charge in [-0.3, -0.25) is 0 Å². The van der Waals surface area contributed by atoms with Gasteiger partial charge in [0.25, 0.3) is 0 Å². The van der Waals surface area contributed by atoms with Crippen LogP contribution in [0.25, 0.3) is 0 Å². The summed E-state index contributed by atoms with van der Waals surface area (Å²) in [6, 6.07) is 0.558. The van der Waals surface area contributed by atoms with Crippen molar-refractivity contribution in [1.29, 1.82) is 0 Å². The fourth-order valence-corrected chi connectivity index (χ4v) is 2.92. The molecule has 1 aliphatic rings. The summed E-state index contributed by atoms with van der Waals surface area (Å²) < 4.78 is 2.06. The van der Waals surface area contributed by atoms with Gasteiger partial charge in [-0.15, -0.1) is 0 Å². The molecule has 1 aliphatic carbocycles. The summed E-state index contributed by atoms with van der Waals surface area (Å²) in [5, 5.41) is 8.09. The Hall–Kier alpha value is -0.900. The maximum atomic E-state index is 4.47. The second-order valence-corrected chi connectivity index (χ2v) is 5.10. The fraction of sp³-hybridized carbons (Fsp3) is 0.846. The molecule has 0 spiro atoms. The molecule has 0 radical (unpaired) electrons. The fourth-order valence-electron chi connectivity index (χ4n) is 2.92. The summed E-state index contributed by atoms with van der Waals surface area (Å²) in [5.74, 6) is 2.73. The lowest BCUT2D eigenvalue weighted by molar-refractivity contribution is 0.314. The molecule has 1 saturated carbocycles. The van der Waals surface area contributed by atoms with E-state index in [2.05, 4.69) is 27.0 Å². The van der Waals surface area contributed by atoms with Crippen molar-refractivity contribution in [1.82, 2.24) is 20.1 Å². The highest BCUT2D eigenvalue weighted by Gasteiger charge is 2.25. The third kappa shape index (κ3) is 3.06. The van der Waals surface area contributed by atoms with E-state index in [4.69, 9.17) is 0 Å². The Balaban J connectivity index is 2.03. The minimum absolute atomic E-state index is 0.558. The zero-order chi connectivity index (χ0) is 12.3. The first-order valence-corrected chi connectivity index (χ1v) is 6.82. The molecule has 0 aliphatic heterocycles. The molecule has 1 heterocycles. The highest BCUT2D eigenvalue weighted by molar-refractivity contribution is 4.90. The molecule has 2 rings (SSSR count). The Bertz CT molecular complexity index is 352. The highest BCUT2D eigenvalue weighted by Crippen LogP contribution is 2.28. The van der Waals surface area contributed by atoms with Gasteiger partial charge in [-0.2, -0.15) is 5.10 Å². The van der Waals surface area contributed by atoms with Crippen LogP contribution in [0.5, 0.6) is 0 Å². The molecule has 1 fully saturated rings. The molecule has 0 aromatic carbocycles. The molecule has 1 N–H and O–H groups in total. The number of nitrogens with zero attached hydrogens (tertiary/aromatic N) is 3. The summed E-state index contributed by atoms with van der Waals surface area (Å²) in [5.41, 5.74) is 0. The first kappa shape index (κ1) is 12.6. The summed E-state index contributed by atoms with van der Waals surface area (Å²) in [6.45, 7) is 8.18. The Morgan fingerprint density at radius 1 is 1.35 bits per heavy atom. The van der Waals surface area contributed by atoms with Gasteiger partial charge in [0.2, 0.25) is 0 Å². The predicted molar refractivity (Wildman–Crippen MR) is 68.9 cm³/mol. The average Bonchev–Trinajstić information content (AvgIpc) is 2.88.